The average molecular weight is 273 g/mol. The fourth-order valence-electron chi connectivity index (χ4n) is 1.41. The van der Waals surface area contributed by atoms with Gasteiger partial charge in [0.05, 0.1) is 16.1 Å². The lowest BCUT2D eigenvalue weighted by molar-refractivity contribution is 0.0696. The number of carboxylic acids is 1. The molecule has 0 aromatic carbocycles. The highest BCUT2D eigenvalue weighted by atomic mass is 79.9. The van der Waals surface area contributed by atoms with Crippen LogP contribution in [0.15, 0.2) is 16.7 Å². The van der Waals surface area contributed by atoms with Gasteiger partial charge in [-0.15, -0.1) is 0 Å². The van der Waals surface area contributed by atoms with E-state index in [1.54, 1.807) is 0 Å². The van der Waals surface area contributed by atoms with Crippen molar-refractivity contribution in [1.29, 1.82) is 0 Å². The molecule has 0 spiro atoms. The van der Waals surface area contributed by atoms with Gasteiger partial charge in [0.25, 0.3) is 0 Å². The van der Waals surface area contributed by atoms with Crippen molar-refractivity contribution < 1.29 is 15.0 Å². The topological polar surface area (TPSA) is 73.7 Å². The Morgan fingerprint density at radius 3 is 2.80 bits per heavy atom. The van der Waals surface area contributed by atoms with Crippen molar-refractivity contribution in [2.45, 2.75) is 6.10 Å². The van der Waals surface area contributed by atoms with E-state index < -0.39 is 5.97 Å². The van der Waals surface area contributed by atoms with Gasteiger partial charge >= 0.3 is 5.97 Å². The number of hydrogen-bond donors (Lipinski definition) is 2. The van der Waals surface area contributed by atoms with Crippen LogP contribution >= 0.6 is 15.9 Å². The molecule has 5 nitrogen and oxygen atoms in total. The van der Waals surface area contributed by atoms with Gasteiger partial charge in [-0.1, -0.05) is 0 Å². The summed E-state index contributed by atoms with van der Waals surface area (Å²) in [7, 11) is 0. The summed E-state index contributed by atoms with van der Waals surface area (Å²) in [6.07, 6.45) is 1.13. The molecule has 1 aliphatic heterocycles. The SMILES string of the molecule is O=C(O)c1cc(N2CC(O)C2)ncc1Br. The van der Waals surface area contributed by atoms with Crippen LogP contribution in [0, 0.1) is 0 Å². The Labute approximate surface area is 94.5 Å². The number of aliphatic hydroxyl groups excluding tert-OH is 1. The molecular weight excluding hydrogens is 264 g/mol. The Morgan fingerprint density at radius 1 is 1.60 bits per heavy atom. The minimum absolute atomic E-state index is 0.182. The Bertz CT molecular complexity index is 404. The zero-order valence-corrected chi connectivity index (χ0v) is 9.31. The number of pyridine rings is 1. The van der Waals surface area contributed by atoms with Crippen LogP contribution in [0.1, 0.15) is 10.4 Å². The van der Waals surface area contributed by atoms with Crippen LogP contribution in [0.4, 0.5) is 5.82 Å². The molecular formula is C9H9BrN2O3. The normalized spacial score (nSPS) is 16.3. The predicted molar refractivity (Wildman–Crippen MR) is 57.1 cm³/mol. The number of carbonyl (C=O) groups is 1. The van der Waals surface area contributed by atoms with Crippen LogP contribution < -0.4 is 4.90 Å². The van der Waals surface area contributed by atoms with Crippen molar-refractivity contribution >= 4 is 27.7 Å². The summed E-state index contributed by atoms with van der Waals surface area (Å²) < 4.78 is 0.458. The van der Waals surface area contributed by atoms with Crippen LogP contribution in [0.2, 0.25) is 0 Å². The average Bonchev–Trinajstić information content (AvgIpc) is 2.14. The zero-order chi connectivity index (χ0) is 11.0. The Hall–Kier alpha value is -1.14. The molecule has 2 heterocycles. The number of halogens is 1. The van der Waals surface area contributed by atoms with Crippen molar-refractivity contribution in [2.75, 3.05) is 18.0 Å². The first-order chi connectivity index (χ1) is 7.08. The molecule has 0 amide bonds. The second kappa shape index (κ2) is 3.79. The molecule has 0 bridgehead atoms. The molecule has 1 aliphatic rings. The van der Waals surface area contributed by atoms with Gasteiger partial charge in [-0.25, -0.2) is 9.78 Å². The fraction of sp³-hybridized carbons (Fsp3) is 0.333. The van der Waals surface area contributed by atoms with E-state index in [1.165, 1.54) is 12.3 Å². The number of nitrogens with zero attached hydrogens (tertiary/aromatic N) is 2. The van der Waals surface area contributed by atoms with Gasteiger partial charge in [0, 0.05) is 19.3 Å². The first-order valence-corrected chi connectivity index (χ1v) is 5.19. The summed E-state index contributed by atoms with van der Waals surface area (Å²) in [6.45, 7) is 1.02. The lowest BCUT2D eigenvalue weighted by atomic mass is 10.1. The van der Waals surface area contributed by atoms with Crippen molar-refractivity contribution in [1.82, 2.24) is 4.98 Å². The van der Waals surface area contributed by atoms with Crippen LogP contribution in [0.5, 0.6) is 0 Å². The van der Waals surface area contributed by atoms with E-state index >= 15 is 0 Å². The summed E-state index contributed by atoms with van der Waals surface area (Å²) in [4.78, 5) is 16.7. The quantitative estimate of drug-likeness (QED) is 0.830. The van der Waals surface area contributed by atoms with E-state index in [-0.39, 0.29) is 11.7 Å². The molecule has 2 rings (SSSR count). The van der Waals surface area contributed by atoms with Gasteiger partial charge in [-0.2, -0.15) is 0 Å². The number of aromatic nitrogens is 1. The molecule has 6 heteroatoms. The number of β-amino-alcohol motifs (C(OH)–C–C–N with tert-alkyl or cyclic N) is 1. The van der Waals surface area contributed by atoms with E-state index in [0.717, 1.165) is 0 Å². The van der Waals surface area contributed by atoms with Crippen molar-refractivity contribution in [3.8, 4) is 0 Å². The highest BCUT2D eigenvalue weighted by Gasteiger charge is 2.26. The van der Waals surface area contributed by atoms with Gasteiger partial charge in [0.15, 0.2) is 0 Å². The maximum atomic E-state index is 10.8. The summed E-state index contributed by atoms with van der Waals surface area (Å²) in [5.74, 6) is -0.410. The summed E-state index contributed by atoms with van der Waals surface area (Å²) in [6, 6.07) is 1.50. The molecule has 1 aromatic rings. The molecule has 0 aliphatic carbocycles. The largest absolute Gasteiger partial charge is 0.478 e. The van der Waals surface area contributed by atoms with Crippen LogP contribution in [-0.2, 0) is 0 Å². The highest BCUT2D eigenvalue weighted by molar-refractivity contribution is 9.10. The summed E-state index contributed by atoms with van der Waals surface area (Å²) >= 11 is 3.12. The fourth-order valence-corrected chi connectivity index (χ4v) is 1.79. The first kappa shape index (κ1) is 10.4. The first-order valence-electron chi connectivity index (χ1n) is 4.40. The molecule has 15 heavy (non-hydrogen) atoms. The minimum Gasteiger partial charge on any atom is -0.478 e. The number of anilines is 1. The second-order valence-corrected chi connectivity index (χ2v) is 4.24. The number of carboxylic acid groups (broad SMARTS) is 1. The molecule has 0 saturated carbocycles. The maximum absolute atomic E-state index is 10.8. The number of aliphatic hydroxyl groups is 1. The highest BCUT2D eigenvalue weighted by Crippen LogP contribution is 2.23. The van der Waals surface area contributed by atoms with Crippen LogP contribution in [-0.4, -0.2) is 40.4 Å². The third-order valence-electron chi connectivity index (χ3n) is 2.26. The van der Waals surface area contributed by atoms with Gasteiger partial charge in [-0.3, -0.25) is 0 Å². The third-order valence-corrected chi connectivity index (χ3v) is 2.89. The summed E-state index contributed by atoms with van der Waals surface area (Å²) in [5, 5.41) is 18.0. The van der Waals surface area contributed by atoms with Gasteiger partial charge < -0.3 is 15.1 Å². The molecule has 0 unspecified atom stereocenters. The van der Waals surface area contributed by atoms with Gasteiger partial charge in [-0.05, 0) is 22.0 Å². The Kier molecular flexibility index (Phi) is 2.62. The third kappa shape index (κ3) is 1.95. The van der Waals surface area contributed by atoms with E-state index in [2.05, 4.69) is 20.9 Å². The smallest absolute Gasteiger partial charge is 0.337 e. The molecule has 1 aromatic heterocycles. The second-order valence-electron chi connectivity index (χ2n) is 3.39. The van der Waals surface area contributed by atoms with Crippen LogP contribution in [0.25, 0.3) is 0 Å². The molecule has 1 saturated heterocycles. The Morgan fingerprint density at radius 2 is 2.27 bits per heavy atom. The molecule has 0 atom stereocenters. The number of rotatable bonds is 2. The molecule has 2 N–H and O–H groups in total. The van der Waals surface area contributed by atoms with E-state index in [4.69, 9.17) is 10.2 Å². The van der Waals surface area contributed by atoms with E-state index in [1.807, 2.05) is 4.90 Å². The minimum atomic E-state index is -0.994. The number of hydrogen-bond acceptors (Lipinski definition) is 4. The Balaban J connectivity index is 2.27. The van der Waals surface area contributed by atoms with Crippen molar-refractivity contribution in [3.05, 3.63) is 22.3 Å². The zero-order valence-electron chi connectivity index (χ0n) is 7.72. The van der Waals surface area contributed by atoms with Gasteiger partial charge in [0.1, 0.15) is 5.82 Å². The molecule has 80 valence electrons. The summed E-state index contributed by atoms with van der Waals surface area (Å²) in [5.41, 5.74) is 0.182. The lowest BCUT2D eigenvalue weighted by Crippen LogP contribution is -2.51. The van der Waals surface area contributed by atoms with Crippen molar-refractivity contribution in [3.63, 3.8) is 0 Å². The standard InChI is InChI=1S/C9H9BrN2O3/c10-7-2-11-8(1-6(7)9(14)15)12-3-5(13)4-12/h1-2,5,13H,3-4H2,(H,14,15). The van der Waals surface area contributed by atoms with Crippen LogP contribution in [0.3, 0.4) is 0 Å². The predicted octanol–water partition coefficient (Wildman–Crippen LogP) is 0.723. The van der Waals surface area contributed by atoms with Gasteiger partial charge in [0.2, 0.25) is 0 Å². The van der Waals surface area contributed by atoms with Crippen molar-refractivity contribution in [2.24, 2.45) is 0 Å². The molecule has 1 fully saturated rings. The van der Waals surface area contributed by atoms with E-state index in [0.29, 0.717) is 23.4 Å². The molecule has 0 radical (unpaired) electrons. The van der Waals surface area contributed by atoms with E-state index in [9.17, 15) is 4.79 Å². The maximum Gasteiger partial charge on any atom is 0.337 e. The number of aromatic carboxylic acids is 1. The lowest BCUT2D eigenvalue weighted by Gasteiger charge is -2.36. The monoisotopic (exact) mass is 272 g/mol.